The molecule has 96 valence electrons. The van der Waals surface area contributed by atoms with Crippen LogP contribution in [0.4, 0.5) is 0 Å². The molecule has 0 bridgehead atoms. The highest BCUT2D eigenvalue weighted by Crippen LogP contribution is 2.25. The Labute approximate surface area is 107 Å². The smallest absolute Gasteiger partial charge is 0.241 e. The molecule has 1 N–H and O–H groups in total. The second-order valence-electron chi connectivity index (χ2n) is 4.65. The zero-order valence-corrected chi connectivity index (χ0v) is 12.0. The van der Waals surface area contributed by atoms with E-state index < -0.39 is 10.0 Å². The summed E-state index contributed by atoms with van der Waals surface area (Å²) in [5.41, 5.74) is 0. The van der Waals surface area contributed by atoms with E-state index in [1.807, 2.05) is 20.9 Å². The molecular weight excluding hydrogens is 256 g/mol. The summed E-state index contributed by atoms with van der Waals surface area (Å²) in [5, 5.41) is 0. The minimum absolute atomic E-state index is 0.0459. The van der Waals surface area contributed by atoms with E-state index in [-0.39, 0.29) is 6.04 Å². The van der Waals surface area contributed by atoms with E-state index in [9.17, 15) is 8.42 Å². The van der Waals surface area contributed by atoms with Gasteiger partial charge in [0.15, 0.2) is 0 Å². The second kappa shape index (κ2) is 4.68. The van der Waals surface area contributed by atoms with Crippen molar-refractivity contribution in [2.75, 3.05) is 20.1 Å². The van der Waals surface area contributed by atoms with Crippen LogP contribution in [0.15, 0.2) is 11.0 Å². The number of hydrogen-bond donors (Lipinski definition) is 1. The molecule has 1 aliphatic rings. The summed E-state index contributed by atoms with van der Waals surface area (Å²) in [7, 11) is -1.33. The average molecular weight is 274 g/mol. The number of rotatable bonds is 3. The first-order chi connectivity index (χ1) is 7.88. The molecular formula is C11H18N2O2S2. The monoisotopic (exact) mass is 274 g/mol. The molecule has 0 aromatic carbocycles. The van der Waals surface area contributed by atoms with E-state index in [0.717, 1.165) is 29.3 Å². The number of nitrogens with one attached hydrogen (secondary N) is 1. The number of nitrogens with zero attached hydrogens (tertiary/aromatic N) is 1. The highest BCUT2D eigenvalue weighted by Gasteiger charge is 2.27. The lowest BCUT2D eigenvalue weighted by molar-refractivity contribution is 0.407. The van der Waals surface area contributed by atoms with Crippen LogP contribution in [0.5, 0.6) is 0 Å². The van der Waals surface area contributed by atoms with Gasteiger partial charge in [-0.25, -0.2) is 13.1 Å². The van der Waals surface area contributed by atoms with Crippen LogP contribution in [-0.4, -0.2) is 39.5 Å². The summed E-state index contributed by atoms with van der Waals surface area (Å²) in [6.45, 7) is 5.53. The molecule has 1 aromatic heterocycles. The van der Waals surface area contributed by atoms with Gasteiger partial charge in [0, 0.05) is 22.3 Å². The van der Waals surface area contributed by atoms with Gasteiger partial charge in [-0.05, 0) is 39.9 Å². The third kappa shape index (κ3) is 2.88. The van der Waals surface area contributed by atoms with E-state index in [2.05, 4.69) is 9.62 Å². The van der Waals surface area contributed by atoms with Crippen molar-refractivity contribution in [3.63, 3.8) is 0 Å². The number of likely N-dealkylation sites (tertiary alicyclic amines) is 1. The molecule has 0 radical (unpaired) electrons. The third-order valence-corrected chi connectivity index (χ3v) is 5.74. The average Bonchev–Trinajstić information content (AvgIpc) is 2.72. The van der Waals surface area contributed by atoms with Crippen LogP contribution < -0.4 is 4.72 Å². The number of aryl methyl sites for hydroxylation is 2. The fourth-order valence-corrected chi connectivity index (χ4v) is 5.00. The fraction of sp³-hybridized carbons (Fsp3) is 0.636. The summed E-state index contributed by atoms with van der Waals surface area (Å²) < 4.78 is 27.2. The molecule has 0 saturated carbocycles. The third-order valence-electron chi connectivity index (χ3n) is 3.00. The minimum atomic E-state index is -3.34. The first kappa shape index (κ1) is 13.0. The minimum Gasteiger partial charge on any atom is -0.305 e. The maximum absolute atomic E-state index is 12.2. The summed E-state index contributed by atoms with van der Waals surface area (Å²) in [6.07, 6.45) is 0.887. The molecule has 1 fully saturated rings. The maximum Gasteiger partial charge on any atom is 0.241 e. The van der Waals surface area contributed by atoms with Crippen LogP contribution in [0.25, 0.3) is 0 Å². The fourth-order valence-electron chi connectivity index (χ4n) is 2.19. The summed E-state index contributed by atoms with van der Waals surface area (Å²) in [4.78, 5) is 4.47. The molecule has 1 aliphatic heterocycles. The van der Waals surface area contributed by atoms with Gasteiger partial charge in [0.2, 0.25) is 10.0 Å². The van der Waals surface area contributed by atoms with Crippen molar-refractivity contribution in [2.45, 2.75) is 31.2 Å². The lowest BCUT2D eigenvalue weighted by Gasteiger charge is -2.13. The van der Waals surface area contributed by atoms with Crippen molar-refractivity contribution in [3.8, 4) is 0 Å². The predicted octanol–water partition coefficient (Wildman–Crippen LogP) is 1.35. The van der Waals surface area contributed by atoms with Crippen LogP contribution in [-0.2, 0) is 10.0 Å². The van der Waals surface area contributed by atoms with E-state index in [4.69, 9.17) is 0 Å². The first-order valence-corrected chi connectivity index (χ1v) is 7.96. The van der Waals surface area contributed by atoms with Gasteiger partial charge in [0.05, 0.1) is 4.90 Å². The molecule has 1 atom stereocenters. The van der Waals surface area contributed by atoms with E-state index in [1.165, 1.54) is 11.3 Å². The van der Waals surface area contributed by atoms with Crippen LogP contribution in [0.2, 0.25) is 0 Å². The van der Waals surface area contributed by atoms with Gasteiger partial charge >= 0.3 is 0 Å². The summed E-state index contributed by atoms with van der Waals surface area (Å²) in [5.74, 6) is 0. The SMILES string of the molecule is Cc1cc(S(=O)(=O)N[C@H]2CCN(C)C2)c(C)s1. The number of thiophene rings is 1. The highest BCUT2D eigenvalue weighted by molar-refractivity contribution is 7.89. The Bertz CT molecular complexity index is 508. The van der Waals surface area contributed by atoms with Crippen molar-refractivity contribution in [1.82, 2.24) is 9.62 Å². The Hall–Kier alpha value is -0.430. The van der Waals surface area contributed by atoms with E-state index >= 15 is 0 Å². The van der Waals surface area contributed by atoms with E-state index in [1.54, 1.807) is 6.07 Å². The van der Waals surface area contributed by atoms with Gasteiger partial charge in [0.1, 0.15) is 0 Å². The lowest BCUT2D eigenvalue weighted by Crippen LogP contribution is -2.36. The van der Waals surface area contributed by atoms with Crippen molar-refractivity contribution in [3.05, 3.63) is 15.8 Å². The molecule has 0 spiro atoms. The van der Waals surface area contributed by atoms with Gasteiger partial charge in [-0.15, -0.1) is 11.3 Å². The van der Waals surface area contributed by atoms with Crippen molar-refractivity contribution in [1.29, 1.82) is 0 Å². The van der Waals surface area contributed by atoms with Gasteiger partial charge in [-0.1, -0.05) is 0 Å². The summed E-state index contributed by atoms with van der Waals surface area (Å²) in [6, 6.07) is 1.80. The quantitative estimate of drug-likeness (QED) is 0.905. The molecule has 4 nitrogen and oxygen atoms in total. The molecule has 2 heterocycles. The first-order valence-electron chi connectivity index (χ1n) is 5.66. The topological polar surface area (TPSA) is 49.4 Å². The molecule has 17 heavy (non-hydrogen) atoms. The van der Waals surface area contributed by atoms with E-state index in [0.29, 0.717) is 4.90 Å². The maximum atomic E-state index is 12.2. The highest BCUT2D eigenvalue weighted by atomic mass is 32.2. The van der Waals surface area contributed by atoms with Crippen molar-refractivity contribution >= 4 is 21.4 Å². The van der Waals surface area contributed by atoms with Crippen LogP contribution >= 0.6 is 11.3 Å². The molecule has 1 aromatic rings. The van der Waals surface area contributed by atoms with Crippen LogP contribution in [0, 0.1) is 13.8 Å². The lowest BCUT2D eigenvalue weighted by atomic mass is 10.3. The number of sulfonamides is 1. The van der Waals surface area contributed by atoms with Crippen LogP contribution in [0.3, 0.4) is 0 Å². The molecule has 1 saturated heterocycles. The molecule has 0 amide bonds. The zero-order valence-electron chi connectivity index (χ0n) is 10.4. The Morgan fingerprint density at radius 1 is 1.47 bits per heavy atom. The van der Waals surface area contributed by atoms with Crippen molar-refractivity contribution < 1.29 is 8.42 Å². The molecule has 6 heteroatoms. The van der Waals surface area contributed by atoms with Crippen LogP contribution in [0.1, 0.15) is 16.2 Å². The van der Waals surface area contributed by atoms with Gasteiger partial charge in [-0.2, -0.15) is 0 Å². The standard InChI is InChI=1S/C11H18N2O2S2/c1-8-6-11(9(2)16-8)17(14,15)12-10-4-5-13(3)7-10/h6,10,12H,4-5,7H2,1-3H3/t10-/m0/s1. The van der Waals surface area contributed by atoms with Gasteiger partial charge in [0.25, 0.3) is 0 Å². The molecule has 0 unspecified atom stereocenters. The Morgan fingerprint density at radius 3 is 2.65 bits per heavy atom. The normalized spacial score (nSPS) is 22.2. The Balaban J connectivity index is 2.17. The molecule has 2 rings (SSSR count). The molecule has 0 aliphatic carbocycles. The zero-order chi connectivity index (χ0) is 12.6. The second-order valence-corrected chi connectivity index (χ2v) is 7.79. The predicted molar refractivity (Wildman–Crippen MR) is 70.0 cm³/mol. The van der Waals surface area contributed by atoms with Crippen molar-refractivity contribution in [2.24, 2.45) is 0 Å². The number of hydrogen-bond acceptors (Lipinski definition) is 4. The summed E-state index contributed by atoms with van der Waals surface area (Å²) >= 11 is 1.52. The number of likely N-dealkylation sites (N-methyl/N-ethyl adjacent to an activating group) is 1. The van der Waals surface area contributed by atoms with Gasteiger partial charge < -0.3 is 4.90 Å². The Kier molecular flexibility index (Phi) is 3.58. The largest absolute Gasteiger partial charge is 0.305 e. The Morgan fingerprint density at radius 2 is 2.18 bits per heavy atom. The van der Waals surface area contributed by atoms with Gasteiger partial charge in [-0.3, -0.25) is 0 Å².